The highest BCUT2D eigenvalue weighted by Gasteiger charge is 2.32. The van der Waals surface area contributed by atoms with E-state index in [4.69, 9.17) is 0 Å². The first-order valence-corrected chi connectivity index (χ1v) is 17.1. The zero-order valence-electron chi connectivity index (χ0n) is 27.0. The summed E-state index contributed by atoms with van der Waals surface area (Å²) in [5.74, 6) is 1.62. The monoisotopic (exact) mass is 571 g/mol. The number of allylic oxidation sites excluding steroid dienone is 21. The molecule has 226 valence electrons. The van der Waals surface area contributed by atoms with Crippen molar-refractivity contribution in [2.45, 2.75) is 91.4 Å². The molecular formula is C42H53N. The summed E-state index contributed by atoms with van der Waals surface area (Å²) in [6, 6.07) is 0. The van der Waals surface area contributed by atoms with Crippen LogP contribution in [0, 0.1) is 17.8 Å². The molecule has 0 aromatic carbocycles. The molecular weight excluding hydrogens is 518 g/mol. The molecule has 0 spiro atoms. The van der Waals surface area contributed by atoms with E-state index in [1.54, 1.807) is 11.1 Å². The van der Waals surface area contributed by atoms with Gasteiger partial charge in [-0.3, -0.25) is 0 Å². The first kappa shape index (κ1) is 31.1. The molecule has 0 aromatic rings. The fraction of sp³-hybridized carbons (Fsp3) is 0.429. The van der Waals surface area contributed by atoms with Crippen LogP contribution in [0.5, 0.6) is 0 Å². The van der Waals surface area contributed by atoms with E-state index >= 15 is 0 Å². The quantitative estimate of drug-likeness (QED) is 0.181. The van der Waals surface area contributed by atoms with Gasteiger partial charge in [0, 0.05) is 24.1 Å². The average molecular weight is 572 g/mol. The Kier molecular flexibility index (Phi) is 11.2. The molecule has 0 amide bonds. The van der Waals surface area contributed by atoms with Crippen LogP contribution in [0.15, 0.2) is 142 Å². The van der Waals surface area contributed by atoms with Crippen LogP contribution in [-0.2, 0) is 0 Å². The van der Waals surface area contributed by atoms with Crippen molar-refractivity contribution in [2.24, 2.45) is 17.8 Å². The zero-order chi connectivity index (χ0) is 30.0. The fourth-order valence-electron chi connectivity index (χ4n) is 7.56. The van der Waals surface area contributed by atoms with Crippen molar-refractivity contribution in [2.75, 3.05) is 6.54 Å². The van der Waals surface area contributed by atoms with E-state index in [9.17, 15) is 0 Å². The summed E-state index contributed by atoms with van der Waals surface area (Å²) >= 11 is 0. The molecule has 5 rings (SSSR count). The molecule has 4 aliphatic carbocycles. The number of unbranched alkanes of at least 4 members (excludes halogenated alkanes) is 2. The van der Waals surface area contributed by atoms with Gasteiger partial charge in [0.1, 0.15) is 0 Å². The van der Waals surface area contributed by atoms with E-state index in [0.717, 1.165) is 51.5 Å². The van der Waals surface area contributed by atoms with Crippen LogP contribution in [0.4, 0.5) is 0 Å². The van der Waals surface area contributed by atoms with Crippen LogP contribution in [0.2, 0.25) is 0 Å². The number of dihydropyridines is 1. The van der Waals surface area contributed by atoms with Crippen molar-refractivity contribution < 1.29 is 0 Å². The molecule has 5 aliphatic rings. The van der Waals surface area contributed by atoms with Crippen molar-refractivity contribution in [3.05, 3.63) is 142 Å². The summed E-state index contributed by atoms with van der Waals surface area (Å²) in [6.45, 7) is 12.4. The van der Waals surface area contributed by atoms with Crippen LogP contribution in [-0.4, -0.2) is 6.54 Å². The van der Waals surface area contributed by atoms with Gasteiger partial charge in [-0.2, -0.15) is 0 Å². The molecule has 0 bridgehead atoms. The van der Waals surface area contributed by atoms with Crippen molar-refractivity contribution in [1.29, 1.82) is 0 Å². The second-order valence-electron chi connectivity index (χ2n) is 12.7. The molecule has 0 radical (unpaired) electrons. The first-order chi connectivity index (χ1) is 21.1. The van der Waals surface area contributed by atoms with E-state index < -0.39 is 0 Å². The lowest BCUT2D eigenvalue weighted by Crippen LogP contribution is -2.24. The summed E-state index contributed by atoms with van der Waals surface area (Å²) in [5, 5.41) is 3.51. The number of fused-ring (bicyclic) bond motifs is 1. The van der Waals surface area contributed by atoms with Gasteiger partial charge in [-0.05, 0) is 110 Å². The summed E-state index contributed by atoms with van der Waals surface area (Å²) in [4.78, 5) is 0. The molecule has 3 atom stereocenters. The summed E-state index contributed by atoms with van der Waals surface area (Å²) in [7, 11) is 0. The third-order valence-corrected chi connectivity index (χ3v) is 10.1. The maximum absolute atomic E-state index is 4.67. The molecule has 1 nitrogen and oxygen atoms in total. The topological polar surface area (TPSA) is 12.0 Å². The lowest BCUT2D eigenvalue weighted by molar-refractivity contribution is 0.448. The van der Waals surface area contributed by atoms with E-state index in [1.807, 2.05) is 0 Å². The van der Waals surface area contributed by atoms with E-state index in [0.29, 0.717) is 17.8 Å². The smallest absolute Gasteiger partial charge is 0.0375 e. The zero-order valence-corrected chi connectivity index (χ0v) is 27.0. The van der Waals surface area contributed by atoms with Crippen LogP contribution in [0.3, 0.4) is 0 Å². The number of rotatable bonds is 12. The van der Waals surface area contributed by atoms with E-state index in [1.165, 1.54) is 64.8 Å². The molecule has 0 aromatic heterocycles. The van der Waals surface area contributed by atoms with Gasteiger partial charge in [-0.1, -0.05) is 123 Å². The summed E-state index contributed by atoms with van der Waals surface area (Å²) in [6.07, 6.45) is 45.7. The molecule has 0 saturated heterocycles. The van der Waals surface area contributed by atoms with Crippen molar-refractivity contribution in [3.8, 4) is 0 Å². The van der Waals surface area contributed by atoms with Gasteiger partial charge in [-0.15, -0.1) is 0 Å². The lowest BCUT2D eigenvalue weighted by Gasteiger charge is -2.37. The highest BCUT2D eigenvalue weighted by atomic mass is 14.9. The van der Waals surface area contributed by atoms with Crippen LogP contribution >= 0.6 is 0 Å². The van der Waals surface area contributed by atoms with Crippen molar-refractivity contribution in [3.63, 3.8) is 0 Å². The Morgan fingerprint density at radius 2 is 1.91 bits per heavy atom. The second kappa shape index (κ2) is 15.4. The predicted molar refractivity (Wildman–Crippen MR) is 188 cm³/mol. The minimum atomic E-state index is 0.465. The Morgan fingerprint density at radius 3 is 2.60 bits per heavy atom. The molecule has 43 heavy (non-hydrogen) atoms. The van der Waals surface area contributed by atoms with Gasteiger partial charge >= 0.3 is 0 Å². The number of hydrogen-bond acceptors (Lipinski definition) is 1. The van der Waals surface area contributed by atoms with Crippen LogP contribution in [0.25, 0.3) is 0 Å². The normalized spacial score (nSPS) is 25.5. The van der Waals surface area contributed by atoms with E-state index in [2.05, 4.69) is 118 Å². The number of hydrogen-bond donors (Lipinski definition) is 1. The molecule has 1 heterocycles. The second-order valence-corrected chi connectivity index (χ2v) is 12.7. The maximum Gasteiger partial charge on any atom is 0.0375 e. The highest BCUT2D eigenvalue weighted by Crippen LogP contribution is 2.46. The minimum absolute atomic E-state index is 0.465. The van der Waals surface area contributed by atoms with E-state index in [-0.39, 0.29) is 0 Å². The molecule has 1 aliphatic heterocycles. The SMILES string of the molecule is C=C(CC/C(=C\C)C1=CC=C(C2=CC=CCN2)CC1)C1=C2C=CC=CC2C(C2=CCC(/C(=C/CCCC)CC)C=C2)CC1. The molecule has 3 unspecified atom stereocenters. The van der Waals surface area contributed by atoms with Gasteiger partial charge in [-0.25, -0.2) is 0 Å². The molecule has 1 heteroatoms. The standard InChI is InChI=1S/C42H53N/c1-5-8-9-14-32(6-2)34-20-24-36(25-21-34)39-29-28-38(40-15-10-11-16-41(39)40)31(4)18-19-33(7-3)35-22-26-37(27-23-35)42-17-12-13-30-43-42/h7,10-17,20,22,24-26,34,39,41,43H,4-6,8-9,18-19,21,23,27-30H2,1-3H3/b32-14+,33-7+. The summed E-state index contributed by atoms with van der Waals surface area (Å²) < 4.78 is 0. The van der Waals surface area contributed by atoms with Gasteiger partial charge < -0.3 is 5.32 Å². The highest BCUT2D eigenvalue weighted by molar-refractivity contribution is 5.50. The molecule has 1 N–H and O–H groups in total. The van der Waals surface area contributed by atoms with Gasteiger partial charge in [0.2, 0.25) is 0 Å². The first-order valence-electron chi connectivity index (χ1n) is 17.1. The Balaban J connectivity index is 1.23. The largest absolute Gasteiger partial charge is 0.381 e. The van der Waals surface area contributed by atoms with Crippen molar-refractivity contribution >= 4 is 0 Å². The van der Waals surface area contributed by atoms with Crippen molar-refractivity contribution in [1.82, 2.24) is 5.32 Å². The van der Waals surface area contributed by atoms with Crippen LogP contribution < -0.4 is 5.32 Å². The predicted octanol–water partition coefficient (Wildman–Crippen LogP) is 11.4. The Hall–Kier alpha value is -3.32. The number of nitrogens with one attached hydrogen (secondary N) is 1. The minimum Gasteiger partial charge on any atom is -0.381 e. The Morgan fingerprint density at radius 1 is 1.00 bits per heavy atom. The van der Waals surface area contributed by atoms with Crippen LogP contribution in [0.1, 0.15) is 91.4 Å². The summed E-state index contributed by atoms with van der Waals surface area (Å²) in [5.41, 5.74) is 13.2. The molecule has 0 fully saturated rings. The average Bonchev–Trinajstić information content (AvgIpc) is 3.07. The maximum atomic E-state index is 4.67. The Labute approximate surface area is 262 Å². The fourth-order valence-corrected chi connectivity index (χ4v) is 7.56. The third kappa shape index (κ3) is 7.61. The Bertz CT molecular complexity index is 1390. The van der Waals surface area contributed by atoms with Gasteiger partial charge in [0.15, 0.2) is 0 Å². The molecule has 0 saturated carbocycles. The van der Waals surface area contributed by atoms with Gasteiger partial charge in [0.05, 0.1) is 0 Å². The third-order valence-electron chi connectivity index (χ3n) is 10.1. The van der Waals surface area contributed by atoms with Gasteiger partial charge in [0.25, 0.3) is 0 Å². The lowest BCUT2D eigenvalue weighted by atomic mass is 9.67.